The standard InChI is InChI=1S/C30H40O5/c1-20(10-9-11-21(2)15-19-31)12-13-23-22(3)24(14-16-27(23,4)5)34-26(33)30-18-17-29(8,25(32)35-30)28(30,6)7/h9-13,15,19,24H,14,16-18H2,1-8H3/b11-9+,13-12+,20-10+,21-15+/t24-,29+,30-/m1/s1. The van der Waals surface area contributed by atoms with Gasteiger partial charge in [-0.25, -0.2) is 4.79 Å². The van der Waals surface area contributed by atoms with Gasteiger partial charge in [0, 0.05) is 5.41 Å². The van der Waals surface area contributed by atoms with Crippen molar-refractivity contribution in [3.05, 3.63) is 58.7 Å². The predicted molar refractivity (Wildman–Crippen MR) is 137 cm³/mol. The van der Waals surface area contributed by atoms with Gasteiger partial charge in [-0.3, -0.25) is 9.59 Å². The van der Waals surface area contributed by atoms with Gasteiger partial charge in [0.15, 0.2) is 0 Å². The topological polar surface area (TPSA) is 69.7 Å². The highest BCUT2D eigenvalue weighted by atomic mass is 16.6. The molecule has 0 N–H and O–H groups in total. The van der Waals surface area contributed by atoms with E-state index in [4.69, 9.17) is 9.47 Å². The number of carbonyl (C=O) groups is 3. The highest BCUT2D eigenvalue weighted by Gasteiger charge is 2.76. The fraction of sp³-hybridized carbons (Fsp3) is 0.567. The van der Waals surface area contributed by atoms with Gasteiger partial charge in [-0.1, -0.05) is 63.6 Å². The molecule has 0 aromatic carbocycles. The molecule has 5 heteroatoms. The lowest BCUT2D eigenvalue weighted by molar-refractivity contribution is -0.186. The van der Waals surface area contributed by atoms with E-state index in [1.165, 1.54) is 6.08 Å². The molecule has 2 bridgehead atoms. The fourth-order valence-electron chi connectivity index (χ4n) is 5.77. The molecule has 0 aromatic rings. The summed E-state index contributed by atoms with van der Waals surface area (Å²) in [5.41, 5.74) is 1.64. The molecular weight excluding hydrogens is 440 g/mol. The number of esters is 2. The minimum absolute atomic E-state index is 0.0494. The molecule has 190 valence electrons. The molecule has 0 amide bonds. The first-order chi connectivity index (χ1) is 16.2. The lowest BCUT2D eigenvalue weighted by Crippen LogP contribution is -2.50. The molecule has 1 heterocycles. The summed E-state index contributed by atoms with van der Waals surface area (Å²) in [6, 6.07) is 0. The minimum atomic E-state index is -1.20. The largest absolute Gasteiger partial charge is 0.455 e. The number of carbonyl (C=O) groups excluding carboxylic acids is 3. The average Bonchev–Trinajstić information content (AvgIpc) is 3.06. The van der Waals surface area contributed by atoms with Crippen molar-refractivity contribution >= 4 is 18.2 Å². The van der Waals surface area contributed by atoms with Crippen LogP contribution in [-0.2, 0) is 23.9 Å². The number of hydrogen-bond donors (Lipinski definition) is 0. The first kappa shape index (κ1) is 26.9. The first-order valence-electron chi connectivity index (χ1n) is 12.5. The van der Waals surface area contributed by atoms with Gasteiger partial charge < -0.3 is 9.47 Å². The van der Waals surface area contributed by atoms with Crippen LogP contribution < -0.4 is 0 Å². The van der Waals surface area contributed by atoms with Crippen LogP contribution >= 0.6 is 0 Å². The number of fused-ring (bicyclic) bond motifs is 2. The van der Waals surface area contributed by atoms with Gasteiger partial charge in [-0.2, -0.15) is 0 Å². The molecule has 2 aliphatic carbocycles. The monoisotopic (exact) mass is 480 g/mol. The number of hydrogen-bond acceptors (Lipinski definition) is 5. The third-order valence-electron chi connectivity index (χ3n) is 8.89. The second-order valence-corrected chi connectivity index (χ2v) is 11.7. The van der Waals surface area contributed by atoms with Crippen LogP contribution in [0.5, 0.6) is 0 Å². The summed E-state index contributed by atoms with van der Waals surface area (Å²) >= 11 is 0. The average molecular weight is 481 g/mol. The van der Waals surface area contributed by atoms with Gasteiger partial charge in [0.05, 0.1) is 5.41 Å². The molecule has 3 rings (SSSR count). The smallest absolute Gasteiger partial charge is 0.351 e. The van der Waals surface area contributed by atoms with Crippen LogP contribution in [0.1, 0.15) is 81.1 Å². The Hall–Kier alpha value is -2.69. The van der Waals surface area contributed by atoms with Crippen molar-refractivity contribution < 1.29 is 23.9 Å². The Balaban J connectivity index is 1.82. The van der Waals surface area contributed by atoms with Crippen molar-refractivity contribution in [2.24, 2.45) is 16.2 Å². The number of aldehydes is 1. The van der Waals surface area contributed by atoms with Gasteiger partial charge in [0.2, 0.25) is 5.60 Å². The van der Waals surface area contributed by atoms with Gasteiger partial charge in [-0.05, 0) is 81.6 Å². The van der Waals surface area contributed by atoms with E-state index in [1.54, 1.807) is 0 Å². The predicted octanol–water partition coefficient (Wildman–Crippen LogP) is 6.36. The van der Waals surface area contributed by atoms with Gasteiger partial charge >= 0.3 is 11.9 Å². The van der Waals surface area contributed by atoms with Crippen LogP contribution in [-0.4, -0.2) is 29.9 Å². The molecule has 5 nitrogen and oxygen atoms in total. The van der Waals surface area contributed by atoms with Crippen LogP contribution in [0.4, 0.5) is 0 Å². The van der Waals surface area contributed by atoms with Gasteiger partial charge in [-0.15, -0.1) is 0 Å². The third kappa shape index (κ3) is 4.50. The summed E-state index contributed by atoms with van der Waals surface area (Å²) in [5.74, 6) is -0.705. The molecule has 3 aliphatic rings. The summed E-state index contributed by atoms with van der Waals surface area (Å²) < 4.78 is 11.9. The van der Waals surface area contributed by atoms with E-state index in [0.717, 1.165) is 41.4 Å². The van der Waals surface area contributed by atoms with E-state index in [1.807, 2.05) is 59.8 Å². The number of allylic oxidation sites excluding steroid dienone is 9. The Labute approximate surface area is 210 Å². The molecule has 0 unspecified atom stereocenters. The van der Waals surface area contributed by atoms with E-state index >= 15 is 0 Å². The summed E-state index contributed by atoms with van der Waals surface area (Å²) in [7, 11) is 0. The van der Waals surface area contributed by atoms with Crippen molar-refractivity contribution in [1.29, 1.82) is 0 Å². The van der Waals surface area contributed by atoms with E-state index < -0.39 is 22.4 Å². The lowest BCUT2D eigenvalue weighted by atomic mass is 9.66. The van der Waals surface area contributed by atoms with Crippen molar-refractivity contribution in [2.75, 3.05) is 0 Å². The second kappa shape index (κ2) is 9.40. The zero-order valence-electron chi connectivity index (χ0n) is 22.5. The van der Waals surface area contributed by atoms with E-state index in [9.17, 15) is 14.4 Å². The molecule has 2 fully saturated rings. The van der Waals surface area contributed by atoms with Crippen LogP contribution in [0.25, 0.3) is 0 Å². The van der Waals surface area contributed by atoms with Crippen LogP contribution in [0.3, 0.4) is 0 Å². The summed E-state index contributed by atoms with van der Waals surface area (Å²) in [6.07, 6.45) is 14.7. The quantitative estimate of drug-likeness (QED) is 0.183. The third-order valence-corrected chi connectivity index (χ3v) is 8.89. The maximum absolute atomic E-state index is 13.5. The zero-order valence-corrected chi connectivity index (χ0v) is 22.5. The van der Waals surface area contributed by atoms with Crippen molar-refractivity contribution in [2.45, 2.75) is 92.8 Å². The lowest BCUT2D eigenvalue weighted by Gasteiger charge is -2.39. The normalized spacial score (nSPS) is 32.5. The second-order valence-electron chi connectivity index (χ2n) is 11.7. The molecule has 0 aromatic heterocycles. The molecule has 0 spiro atoms. The van der Waals surface area contributed by atoms with Crippen LogP contribution in [0, 0.1) is 16.2 Å². The Bertz CT molecular complexity index is 1060. The van der Waals surface area contributed by atoms with E-state index in [-0.39, 0.29) is 17.5 Å². The molecule has 3 atom stereocenters. The van der Waals surface area contributed by atoms with Crippen molar-refractivity contribution in [3.63, 3.8) is 0 Å². The van der Waals surface area contributed by atoms with Crippen LogP contribution in [0.2, 0.25) is 0 Å². The highest BCUT2D eigenvalue weighted by molar-refractivity contribution is 5.93. The van der Waals surface area contributed by atoms with Crippen LogP contribution in [0.15, 0.2) is 58.7 Å². The molecule has 1 aliphatic heterocycles. The van der Waals surface area contributed by atoms with Gasteiger partial charge in [0.25, 0.3) is 0 Å². The number of rotatable bonds is 7. The number of ether oxygens (including phenoxy) is 2. The van der Waals surface area contributed by atoms with Crippen molar-refractivity contribution in [1.82, 2.24) is 0 Å². The SMILES string of the molecule is CC1=C(/C=C/C(C)=C/C=C/C(C)=C/C=O)C(C)(C)CC[C@H]1OC(=O)[C@@]12CC[C@@](C)(C(=O)O1)C2(C)C. The first-order valence-corrected chi connectivity index (χ1v) is 12.5. The summed E-state index contributed by atoms with van der Waals surface area (Å²) in [4.78, 5) is 36.7. The molecular formula is C30H40O5. The molecule has 0 radical (unpaired) electrons. The zero-order chi connectivity index (χ0) is 26.2. The molecule has 35 heavy (non-hydrogen) atoms. The minimum Gasteiger partial charge on any atom is -0.455 e. The Kier molecular flexibility index (Phi) is 7.23. The highest BCUT2D eigenvalue weighted by Crippen LogP contribution is 2.66. The molecule has 1 saturated carbocycles. The maximum Gasteiger partial charge on any atom is 0.351 e. The van der Waals surface area contributed by atoms with E-state index in [2.05, 4.69) is 26.0 Å². The summed E-state index contributed by atoms with van der Waals surface area (Å²) in [6.45, 7) is 16.2. The van der Waals surface area contributed by atoms with E-state index in [0.29, 0.717) is 12.8 Å². The Morgan fingerprint density at radius 2 is 1.66 bits per heavy atom. The Morgan fingerprint density at radius 1 is 1.00 bits per heavy atom. The molecule has 1 saturated heterocycles. The van der Waals surface area contributed by atoms with Gasteiger partial charge in [0.1, 0.15) is 12.4 Å². The fourth-order valence-corrected chi connectivity index (χ4v) is 5.77. The maximum atomic E-state index is 13.5. The summed E-state index contributed by atoms with van der Waals surface area (Å²) in [5, 5.41) is 0. The Morgan fingerprint density at radius 3 is 2.23 bits per heavy atom. The van der Waals surface area contributed by atoms with Crippen molar-refractivity contribution in [3.8, 4) is 0 Å².